The van der Waals surface area contributed by atoms with Crippen LogP contribution >= 0.6 is 0 Å². The Balaban J connectivity index is 2.17. The van der Waals surface area contributed by atoms with Gasteiger partial charge in [-0.25, -0.2) is 4.98 Å². The van der Waals surface area contributed by atoms with Crippen LogP contribution in [-0.2, 0) is 13.1 Å². The zero-order valence-corrected chi connectivity index (χ0v) is 13.2. The van der Waals surface area contributed by atoms with Gasteiger partial charge in [0.25, 0.3) is 0 Å². The quantitative estimate of drug-likeness (QED) is 0.885. The number of aryl methyl sites for hydroxylation is 1. The second-order valence-electron chi connectivity index (χ2n) is 5.21. The predicted molar refractivity (Wildman–Crippen MR) is 86.8 cm³/mol. The Morgan fingerprint density at radius 1 is 1.19 bits per heavy atom. The number of hydrogen-bond acceptors (Lipinski definition) is 4. The summed E-state index contributed by atoms with van der Waals surface area (Å²) in [5, 5.41) is 3.18. The van der Waals surface area contributed by atoms with Crippen LogP contribution in [0.4, 0.5) is 5.82 Å². The Hall–Kier alpha value is -2.07. The van der Waals surface area contributed by atoms with Crippen LogP contribution in [0.2, 0.25) is 0 Å². The van der Waals surface area contributed by atoms with Crippen molar-refractivity contribution < 1.29 is 4.74 Å². The number of aromatic nitrogens is 1. The molecule has 0 unspecified atom stereocenters. The molecule has 0 radical (unpaired) electrons. The Labute approximate surface area is 126 Å². The molecule has 0 aliphatic carbocycles. The third kappa shape index (κ3) is 4.20. The van der Waals surface area contributed by atoms with Crippen molar-refractivity contribution in [3.05, 3.63) is 53.2 Å². The van der Waals surface area contributed by atoms with Crippen LogP contribution in [0, 0.1) is 6.92 Å². The van der Waals surface area contributed by atoms with Gasteiger partial charge in [-0.15, -0.1) is 0 Å². The van der Waals surface area contributed by atoms with Crippen LogP contribution in [-0.4, -0.2) is 26.2 Å². The van der Waals surface area contributed by atoms with Gasteiger partial charge in [-0.1, -0.05) is 12.1 Å². The summed E-state index contributed by atoms with van der Waals surface area (Å²) in [6, 6.07) is 12.4. The maximum Gasteiger partial charge on any atom is 0.129 e. The van der Waals surface area contributed by atoms with E-state index in [1.54, 1.807) is 7.11 Å². The molecule has 0 aliphatic heterocycles. The Morgan fingerprint density at radius 2 is 2.00 bits per heavy atom. The third-order valence-corrected chi connectivity index (χ3v) is 3.33. The first-order chi connectivity index (χ1) is 10.1. The van der Waals surface area contributed by atoms with E-state index < -0.39 is 0 Å². The number of ether oxygens (including phenoxy) is 1. The molecule has 0 saturated carbocycles. The van der Waals surface area contributed by atoms with E-state index in [0.29, 0.717) is 0 Å². The van der Waals surface area contributed by atoms with E-state index in [-0.39, 0.29) is 0 Å². The number of pyridine rings is 1. The van der Waals surface area contributed by atoms with E-state index in [1.807, 2.05) is 26.1 Å². The highest BCUT2D eigenvalue weighted by Gasteiger charge is 2.07. The summed E-state index contributed by atoms with van der Waals surface area (Å²) in [6.45, 7) is 3.68. The van der Waals surface area contributed by atoms with Crippen molar-refractivity contribution in [3.8, 4) is 5.75 Å². The molecule has 1 heterocycles. The lowest BCUT2D eigenvalue weighted by atomic mass is 10.2. The zero-order valence-electron chi connectivity index (χ0n) is 13.2. The summed E-state index contributed by atoms with van der Waals surface area (Å²) in [7, 11) is 5.70. The first-order valence-electron chi connectivity index (χ1n) is 7.08. The molecule has 0 atom stereocenters. The van der Waals surface area contributed by atoms with Crippen molar-refractivity contribution in [2.45, 2.75) is 20.0 Å². The van der Waals surface area contributed by atoms with Gasteiger partial charge in [-0.2, -0.15) is 0 Å². The topological polar surface area (TPSA) is 37.4 Å². The van der Waals surface area contributed by atoms with Crippen LogP contribution < -0.4 is 15.0 Å². The number of anilines is 1. The van der Waals surface area contributed by atoms with Gasteiger partial charge in [-0.05, 0) is 49.4 Å². The molecule has 1 N–H and O–H groups in total. The lowest BCUT2D eigenvalue weighted by Gasteiger charge is -2.20. The molecule has 21 heavy (non-hydrogen) atoms. The third-order valence-electron chi connectivity index (χ3n) is 3.33. The first-order valence-corrected chi connectivity index (χ1v) is 7.08. The van der Waals surface area contributed by atoms with Crippen LogP contribution in [0.1, 0.15) is 16.8 Å². The van der Waals surface area contributed by atoms with Crippen LogP contribution in [0.3, 0.4) is 0 Å². The molecule has 0 saturated heterocycles. The number of hydrogen-bond donors (Lipinski definition) is 1. The molecule has 0 fully saturated rings. The summed E-state index contributed by atoms with van der Waals surface area (Å²) in [5.74, 6) is 1.87. The molecule has 0 amide bonds. The van der Waals surface area contributed by atoms with Crippen molar-refractivity contribution in [2.75, 3.05) is 26.1 Å². The molecule has 0 spiro atoms. The van der Waals surface area contributed by atoms with Crippen molar-refractivity contribution in [1.29, 1.82) is 0 Å². The molecule has 0 bridgehead atoms. The highest BCUT2D eigenvalue weighted by Crippen LogP contribution is 2.18. The molecule has 1 aromatic carbocycles. The fourth-order valence-corrected chi connectivity index (χ4v) is 2.35. The summed E-state index contributed by atoms with van der Waals surface area (Å²) in [4.78, 5) is 6.78. The minimum absolute atomic E-state index is 0.798. The van der Waals surface area contributed by atoms with Gasteiger partial charge in [0, 0.05) is 25.8 Å². The fourth-order valence-electron chi connectivity index (χ4n) is 2.35. The Bertz CT molecular complexity index is 598. The SMILES string of the molecule is CNCc1cc(C)nc(N(C)Cc2cccc(OC)c2)c1. The average molecular weight is 285 g/mol. The average Bonchev–Trinajstić information content (AvgIpc) is 2.47. The molecule has 4 heteroatoms. The van der Waals surface area contributed by atoms with Gasteiger partial charge in [0.05, 0.1) is 7.11 Å². The van der Waals surface area contributed by atoms with E-state index in [4.69, 9.17) is 4.74 Å². The summed E-state index contributed by atoms with van der Waals surface area (Å²) in [5.41, 5.74) is 3.49. The summed E-state index contributed by atoms with van der Waals surface area (Å²) >= 11 is 0. The minimum Gasteiger partial charge on any atom is -0.497 e. The predicted octanol–water partition coefficient (Wildman–Crippen LogP) is 2.75. The molecule has 112 valence electrons. The molecular formula is C17H23N3O. The Kier molecular flexibility index (Phi) is 5.17. The lowest BCUT2D eigenvalue weighted by molar-refractivity contribution is 0.414. The van der Waals surface area contributed by atoms with Crippen molar-refractivity contribution in [3.63, 3.8) is 0 Å². The molecule has 2 aromatic rings. The fraction of sp³-hybridized carbons (Fsp3) is 0.353. The van der Waals surface area contributed by atoms with E-state index in [2.05, 4.69) is 46.5 Å². The number of rotatable bonds is 6. The summed E-state index contributed by atoms with van der Waals surface area (Å²) < 4.78 is 5.27. The minimum atomic E-state index is 0.798. The van der Waals surface area contributed by atoms with Crippen LogP contribution in [0.25, 0.3) is 0 Å². The van der Waals surface area contributed by atoms with Crippen LogP contribution in [0.5, 0.6) is 5.75 Å². The maximum absolute atomic E-state index is 5.27. The standard InChI is InChI=1S/C17H23N3O/c1-13-8-15(11-18-2)10-17(19-13)20(3)12-14-6-5-7-16(9-14)21-4/h5-10,18H,11-12H2,1-4H3. The van der Waals surface area contributed by atoms with Gasteiger partial charge < -0.3 is 15.0 Å². The van der Waals surface area contributed by atoms with E-state index in [0.717, 1.165) is 30.4 Å². The van der Waals surface area contributed by atoms with E-state index >= 15 is 0 Å². The smallest absolute Gasteiger partial charge is 0.129 e. The maximum atomic E-state index is 5.27. The second-order valence-corrected chi connectivity index (χ2v) is 5.21. The van der Waals surface area contributed by atoms with Gasteiger partial charge in [0.1, 0.15) is 11.6 Å². The number of benzene rings is 1. The molecule has 2 rings (SSSR count). The number of nitrogens with zero attached hydrogens (tertiary/aromatic N) is 2. The van der Waals surface area contributed by atoms with Crippen LogP contribution in [0.15, 0.2) is 36.4 Å². The molecule has 1 aromatic heterocycles. The zero-order chi connectivity index (χ0) is 15.2. The summed E-state index contributed by atoms with van der Waals surface area (Å²) in [6.07, 6.45) is 0. The second kappa shape index (κ2) is 7.09. The number of methoxy groups -OCH3 is 1. The van der Waals surface area contributed by atoms with Gasteiger partial charge in [0.15, 0.2) is 0 Å². The number of nitrogens with one attached hydrogen (secondary N) is 1. The first kappa shape index (κ1) is 15.3. The molecule has 4 nitrogen and oxygen atoms in total. The normalized spacial score (nSPS) is 10.5. The van der Waals surface area contributed by atoms with Crippen molar-refractivity contribution in [2.24, 2.45) is 0 Å². The lowest BCUT2D eigenvalue weighted by Crippen LogP contribution is -2.18. The monoisotopic (exact) mass is 285 g/mol. The van der Waals surface area contributed by atoms with Gasteiger partial charge >= 0.3 is 0 Å². The van der Waals surface area contributed by atoms with Crippen molar-refractivity contribution in [1.82, 2.24) is 10.3 Å². The van der Waals surface area contributed by atoms with Gasteiger partial charge in [-0.3, -0.25) is 0 Å². The highest BCUT2D eigenvalue weighted by atomic mass is 16.5. The van der Waals surface area contributed by atoms with Crippen molar-refractivity contribution >= 4 is 5.82 Å². The molecule has 0 aliphatic rings. The van der Waals surface area contributed by atoms with E-state index in [9.17, 15) is 0 Å². The Morgan fingerprint density at radius 3 is 2.71 bits per heavy atom. The van der Waals surface area contributed by atoms with E-state index in [1.165, 1.54) is 11.1 Å². The molecular weight excluding hydrogens is 262 g/mol. The van der Waals surface area contributed by atoms with Gasteiger partial charge in [0.2, 0.25) is 0 Å². The largest absolute Gasteiger partial charge is 0.497 e. The highest BCUT2D eigenvalue weighted by molar-refractivity contribution is 5.43.